The van der Waals surface area contributed by atoms with Gasteiger partial charge in [0, 0.05) is 44.5 Å². The second kappa shape index (κ2) is 11.2. The number of pyridine rings is 1. The van der Waals surface area contributed by atoms with Gasteiger partial charge in [0.2, 0.25) is 5.88 Å². The molecule has 0 amide bonds. The molecule has 1 saturated heterocycles. The number of benzene rings is 2. The lowest BCUT2D eigenvalue weighted by Crippen LogP contribution is -2.44. The average molecular weight is 446 g/mol. The van der Waals surface area contributed by atoms with Gasteiger partial charge in [-0.1, -0.05) is 48.5 Å². The van der Waals surface area contributed by atoms with Crippen LogP contribution in [0.4, 0.5) is 5.69 Å². The van der Waals surface area contributed by atoms with Crippen molar-refractivity contribution in [2.24, 2.45) is 4.99 Å². The van der Waals surface area contributed by atoms with Gasteiger partial charge in [0.1, 0.15) is 12.4 Å². The highest BCUT2D eigenvalue weighted by molar-refractivity contribution is 5.80. The van der Waals surface area contributed by atoms with E-state index in [1.807, 2.05) is 60.7 Å². The predicted octanol–water partition coefficient (Wildman–Crippen LogP) is 3.61. The van der Waals surface area contributed by atoms with Gasteiger partial charge in [-0.3, -0.25) is 4.99 Å². The summed E-state index contributed by atoms with van der Waals surface area (Å²) >= 11 is 0. The first-order chi connectivity index (χ1) is 16.3. The maximum atomic E-state index is 5.98. The molecule has 2 aromatic carbocycles. The summed E-state index contributed by atoms with van der Waals surface area (Å²) in [5, 5.41) is 6.95. The van der Waals surface area contributed by atoms with Crippen molar-refractivity contribution in [3.8, 4) is 11.6 Å². The third-order valence-electron chi connectivity index (χ3n) is 5.69. The van der Waals surface area contributed by atoms with E-state index in [4.69, 9.17) is 9.47 Å². The minimum Gasteiger partial charge on any atom is -0.495 e. The van der Waals surface area contributed by atoms with Crippen LogP contribution in [-0.2, 0) is 13.2 Å². The van der Waals surface area contributed by atoms with Crippen molar-refractivity contribution in [1.29, 1.82) is 0 Å². The second-order valence-electron chi connectivity index (χ2n) is 7.92. The molecule has 1 aliphatic heterocycles. The Bertz CT molecular complexity index is 1060. The van der Waals surface area contributed by atoms with E-state index >= 15 is 0 Å². The Morgan fingerprint density at radius 1 is 1.09 bits per heavy atom. The Labute approximate surface area is 195 Å². The number of aromatic nitrogens is 1. The standard InChI is InChI=1S/C26H31N5O2/c1-27-26(30-22-14-16-31(18-22)23-12-6-7-13-24(23)32-2)29-17-21-11-8-15-28-25(21)33-19-20-9-4-3-5-10-20/h3-13,15,22H,14,16-19H2,1-2H3,(H2,27,29,30). The molecule has 3 aromatic rings. The normalized spacial score (nSPS) is 15.9. The molecule has 1 atom stereocenters. The highest BCUT2D eigenvalue weighted by atomic mass is 16.5. The van der Waals surface area contributed by atoms with Crippen molar-refractivity contribution >= 4 is 11.6 Å². The number of aliphatic imine (C=N–C) groups is 1. The number of rotatable bonds is 8. The zero-order chi connectivity index (χ0) is 22.9. The van der Waals surface area contributed by atoms with Gasteiger partial charge in [-0.05, 0) is 30.2 Å². The Morgan fingerprint density at radius 2 is 1.91 bits per heavy atom. The Balaban J connectivity index is 1.31. The molecule has 1 aromatic heterocycles. The number of anilines is 1. The summed E-state index contributed by atoms with van der Waals surface area (Å²) < 4.78 is 11.5. The Morgan fingerprint density at radius 3 is 2.73 bits per heavy atom. The first-order valence-corrected chi connectivity index (χ1v) is 11.2. The third kappa shape index (κ3) is 5.94. The molecule has 1 fully saturated rings. The van der Waals surface area contributed by atoms with Crippen LogP contribution in [0.15, 0.2) is 77.9 Å². The molecule has 172 valence electrons. The zero-order valence-corrected chi connectivity index (χ0v) is 19.2. The van der Waals surface area contributed by atoms with Crippen LogP contribution in [0.5, 0.6) is 11.6 Å². The maximum Gasteiger partial charge on any atom is 0.218 e. The van der Waals surface area contributed by atoms with E-state index < -0.39 is 0 Å². The molecule has 0 saturated carbocycles. The molecule has 0 spiro atoms. The summed E-state index contributed by atoms with van der Waals surface area (Å²) in [7, 11) is 3.50. The molecule has 1 unspecified atom stereocenters. The van der Waals surface area contributed by atoms with Gasteiger partial charge in [-0.2, -0.15) is 0 Å². The number of guanidine groups is 1. The SMILES string of the molecule is CN=C(NCc1cccnc1OCc1ccccc1)NC1CCN(c2ccccc2OC)C1. The Kier molecular flexibility index (Phi) is 7.64. The van der Waals surface area contributed by atoms with Gasteiger partial charge >= 0.3 is 0 Å². The van der Waals surface area contributed by atoms with E-state index in [1.165, 1.54) is 0 Å². The van der Waals surface area contributed by atoms with Crippen molar-refractivity contribution in [2.75, 3.05) is 32.1 Å². The fraction of sp³-hybridized carbons (Fsp3) is 0.308. The van der Waals surface area contributed by atoms with Crippen LogP contribution in [0, 0.1) is 0 Å². The first kappa shape index (κ1) is 22.5. The van der Waals surface area contributed by atoms with Gasteiger partial charge in [0.05, 0.1) is 12.8 Å². The molecule has 7 heteroatoms. The van der Waals surface area contributed by atoms with E-state index in [-0.39, 0.29) is 0 Å². The largest absolute Gasteiger partial charge is 0.495 e. The second-order valence-corrected chi connectivity index (χ2v) is 7.92. The first-order valence-electron chi connectivity index (χ1n) is 11.2. The van der Waals surface area contributed by atoms with Crippen molar-refractivity contribution in [3.63, 3.8) is 0 Å². The summed E-state index contributed by atoms with van der Waals surface area (Å²) in [6.07, 6.45) is 2.78. The summed E-state index contributed by atoms with van der Waals surface area (Å²) in [5.41, 5.74) is 3.22. The lowest BCUT2D eigenvalue weighted by molar-refractivity contribution is 0.290. The van der Waals surface area contributed by atoms with Crippen molar-refractivity contribution in [2.45, 2.75) is 25.6 Å². The monoisotopic (exact) mass is 445 g/mol. The molecular weight excluding hydrogens is 414 g/mol. The van der Waals surface area contributed by atoms with Crippen LogP contribution in [0.1, 0.15) is 17.5 Å². The quantitative estimate of drug-likeness (QED) is 0.408. The van der Waals surface area contributed by atoms with Crippen LogP contribution in [-0.4, -0.2) is 44.2 Å². The molecule has 2 heterocycles. The number of para-hydroxylation sites is 2. The van der Waals surface area contributed by atoms with Crippen LogP contribution in [0.25, 0.3) is 0 Å². The van der Waals surface area contributed by atoms with E-state index in [9.17, 15) is 0 Å². The van der Waals surface area contributed by atoms with Crippen molar-refractivity contribution in [3.05, 3.63) is 84.1 Å². The summed E-state index contributed by atoms with van der Waals surface area (Å²) in [5.74, 6) is 2.30. The van der Waals surface area contributed by atoms with Gasteiger partial charge in [-0.15, -0.1) is 0 Å². The fourth-order valence-electron chi connectivity index (χ4n) is 3.97. The number of nitrogens with zero attached hydrogens (tertiary/aromatic N) is 3. The molecule has 1 aliphatic rings. The van der Waals surface area contributed by atoms with E-state index in [1.54, 1.807) is 20.4 Å². The van der Waals surface area contributed by atoms with Crippen molar-refractivity contribution in [1.82, 2.24) is 15.6 Å². The maximum absolute atomic E-state index is 5.98. The Hall–Kier alpha value is -3.74. The number of ether oxygens (including phenoxy) is 2. The minimum atomic E-state index is 0.295. The van der Waals surface area contributed by atoms with Crippen LogP contribution >= 0.6 is 0 Å². The molecule has 0 bridgehead atoms. The van der Waals surface area contributed by atoms with Gasteiger partial charge in [-0.25, -0.2) is 4.98 Å². The van der Waals surface area contributed by atoms with Gasteiger partial charge in [0.25, 0.3) is 0 Å². The highest BCUT2D eigenvalue weighted by Crippen LogP contribution is 2.30. The van der Waals surface area contributed by atoms with Gasteiger partial charge in [0.15, 0.2) is 5.96 Å². The fourth-order valence-corrected chi connectivity index (χ4v) is 3.97. The predicted molar refractivity (Wildman–Crippen MR) is 132 cm³/mol. The van der Waals surface area contributed by atoms with Crippen LogP contribution in [0.3, 0.4) is 0 Å². The number of methoxy groups -OCH3 is 1. The van der Waals surface area contributed by atoms with Crippen molar-refractivity contribution < 1.29 is 9.47 Å². The summed E-state index contributed by atoms with van der Waals surface area (Å²) in [4.78, 5) is 11.2. The average Bonchev–Trinajstić information content (AvgIpc) is 3.34. The van der Waals surface area contributed by atoms with Crippen LogP contribution in [0.2, 0.25) is 0 Å². The molecule has 33 heavy (non-hydrogen) atoms. The number of hydrogen-bond acceptors (Lipinski definition) is 5. The van der Waals surface area contributed by atoms with E-state index in [0.717, 1.165) is 48.0 Å². The molecule has 7 nitrogen and oxygen atoms in total. The summed E-state index contributed by atoms with van der Waals surface area (Å²) in [6.45, 7) is 2.91. The third-order valence-corrected chi connectivity index (χ3v) is 5.69. The minimum absolute atomic E-state index is 0.295. The van der Waals surface area contributed by atoms with E-state index in [2.05, 4.69) is 31.6 Å². The smallest absolute Gasteiger partial charge is 0.218 e. The highest BCUT2D eigenvalue weighted by Gasteiger charge is 2.25. The topological polar surface area (TPSA) is 71.0 Å². The van der Waals surface area contributed by atoms with Gasteiger partial charge < -0.3 is 25.0 Å². The molecule has 2 N–H and O–H groups in total. The van der Waals surface area contributed by atoms with Crippen LogP contribution < -0.4 is 25.0 Å². The van der Waals surface area contributed by atoms with E-state index in [0.29, 0.717) is 25.1 Å². The summed E-state index contributed by atoms with van der Waals surface area (Å²) in [6, 6.07) is 22.5. The lowest BCUT2D eigenvalue weighted by Gasteiger charge is -2.22. The molecule has 0 radical (unpaired) electrons. The molecular formula is C26H31N5O2. The zero-order valence-electron chi connectivity index (χ0n) is 19.2. The molecule has 4 rings (SSSR count). The molecule has 0 aliphatic carbocycles. The lowest BCUT2D eigenvalue weighted by atomic mass is 10.2. The number of hydrogen-bond donors (Lipinski definition) is 2. The number of nitrogens with one attached hydrogen (secondary N) is 2.